The van der Waals surface area contributed by atoms with Gasteiger partial charge in [0, 0.05) is 0 Å². The van der Waals surface area contributed by atoms with Gasteiger partial charge in [0.25, 0.3) is 0 Å². The number of aromatic hydroxyl groups is 1. The zero-order valence-electron chi connectivity index (χ0n) is 12.3. The number of carboxylic acids is 4. The minimum atomic E-state index is -1.29. The van der Waals surface area contributed by atoms with Crippen molar-refractivity contribution >= 4 is 23.9 Å². The monoisotopic (exact) mass is 346 g/mol. The quantitative estimate of drug-likeness (QED) is 0.342. The summed E-state index contributed by atoms with van der Waals surface area (Å²) in [6.45, 7) is -0.278. The first kappa shape index (κ1) is 23.1. The second-order valence-electron chi connectivity index (χ2n) is 3.96. The number of carboxylic acid groups (broad SMARTS) is 4. The van der Waals surface area contributed by atoms with Crippen LogP contribution in [0.15, 0.2) is 24.3 Å². The van der Waals surface area contributed by atoms with Crippen molar-refractivity contribution < 1.29 is 44.7 Å². The van der Waals surface area contributed by atoms with Crippen LogP contribution in [-0.2, 0) is 14.4 Å². The highest BCUT2D eigenvalue weighted by molar-refractivity contribution is 5.90. The molecule has 0 fully saturated rings. The molecule has 0 aromatic heterocycles. The maximum Gasteiger partial charge on any atom is 0.339 e. The first-order valence-electron chi connectivity index (χ1n) is 6.16. The van der Waals surface area contributed by atoms with E-state index in [1.54, 1.807) is 12.1 Å². The normalized spacial score (nSPS) is 10.1. The third kappa shape index (κ3) is 12.6. The number of para-hydroxylation sites is 1. The Bertz CT molecular complexity index is 574. The average molecular weight is 346 g/mol. The van der Waals surface area contributed by atoms with Crippen molar-refractivity contribution in [2.24, 2.45) is 11.5 Å². The van der Waals surface area contributed by atoms with E-state index in [1.165, 1.54) is 12.1 Å². The predicted octanol–water partition coefficient (Wildman–Crippen LogP) is -1.01. The van der Waals surface area contributed by atoms with E-state index >= 15 is 0 Å². The van der Waals surface area contributed by atoms with Gasteiger partial charge in [0.15, 0.2) is 0 Å². The number of hydrogen-bond donors (Lipinski definition) is 7. The van der Waals surface area contributed by atoms with Crippen molar-refractivity contribution in [1.29, 1.82) is 0 Å². The molecule has 11 nitrogen and oxygen atoms in total. The lowest BCUT2D eigenvalue weighted by atomic mass is 10.2. The van der Waals surface area contributed by atoms with Crippen LogP contribution in [0.5, 0.6) is 5.75 Å². The number of phenols is 1. The molecule has 0 saturated heterocycles. The van der Waals surface area contributed by atoms with Crippen molar-refractivity contribution in [1.82, 2.24) is 0 Å². The number of benzene rings is 1. The van der Waals surface area contributed by atoms with Gasteiger partial charge in [0.1, 0.15) is 17.4 Å². The van der Waals surface area contributed by atoms with Gasteiger partial charge in [-0.25, -0.2) is 4.79 Å². The summed E-state index contributed by atoms with van der Waals surface area (Å²) in [6.07, 6.45) is -0.532. The third-order valence-corrected chi connectivity index (χ3v) is 2.02. The Morgan fingerprint density at radius 1 is 0.958 bits per heavy atom. The van der Waals surface area contributed by atoms with Crippen LogP contribution in [0.3, 0.4) is 0 Å². The summed E-state index contributed by atoms with van der Waals surface area (Å²) in [5, 5.41) is 40.9. The lowest BCUT2D eigenvalue weighted by Gasteiger charge is -1.99. The number of aromatic carboxylic acids is 1. The summed E-state index contributed by atoms with van der Waals surface area (Å²) in [5.41, 5.74) is 9.34. The first-order valence-corrected chi connectivity index (χ1v) is 6.16. The minimum Gasteiger partial charge on any atom is -0.507 e. The summed E-state index contributed by atoms with van der Waals surface area (Å²) in [6, 6.07) is 4.52. The van der Waals surface area contributed by atoms with Crippen molar-refractivity contribution in [3.63, 3.8) is 0 Å². The highest BCUT2D eigenvalue weighted by Crippen LogP contribution is 2.14. The Hall–Kier alpha value is -3.18. The molecule has 0 amide bonds. The van der Waals surface area contributed by atoms with E-state index < -0.39 is 36.3 Å². The maximum atomic E-state index is 10.3. The summed E-state index contributed by atoms with van der Waals surface area (Å²) in [7, 11) is 0. The van der Waals surface area contributed by atoms with E-state index in [0.29, 0.717) is 0 Å². The van der Waals surface area contributed by atoms with Gasteiger partial charge in [0.05, 0.1) is 13.0 Å². The molecule has 1 aromatic rings. The summed E-state index contributed by atoms with van der Waals surface area (Å²) in [4.78, 5) is 39.1. The highest BCUT2D eigenvalue weighted by atomic mass is 16.4. The first-order chi connectivity index (χ1) is 11.0. The summed E-state index contributed by atoms with van der Waals surface area (Å²) >= 11 is 0. The molecule has 1 rings (SSSR count). The summed E-state index contributed by atoms with van der Waals surface area (Å²) < 4.78 is 0. The van der Waals surface area contributed by atoms with E-state index in [-0.39, 0.29) is 17.9 Å². The second-order valence-corrected chi connectivity index (χ2v) is 3.96. The summed E-state index contributed by atoms with van der Waals surface area (Å²) in [5.74, 6) is -4.78. The number of nitrogens with two attached hydrogens (primary N) is 2. The van der Waals surface area contributed by atoms with Crippen molar-refractivity contribution in [2.75, 3.05) is 6.54 Å². The van der Waals surface area contributed by atoms with Gasteiger partial charge in [-0.1, -0.05) is 12.1 Å². The van der Waals surface area contributed by atoms with Gasteiger partial charge < -0.3 is 37.0 Å². The van der Waals surface area contributed by atoms with E-state index in [2.05, 4.69) is 5.73 Å². The number of aliphatic carboxylic acids is 3. The largest absolute Gasteiger partial charge is 0.507 e. The van der Waals surface area contributed by atoms with Gasteiger partial charge in [-0.15, -0.1) is 0 Å². The molecule has 0 aliphatic heterocycles. The lowest BCUT2D eigenvalue weighted by molar-refractivity contribution is -0.144. The van der Waals surface area contributed by atoms with Crippen LogP contribution in [0.2, 0.25) is 0 Å². The molecule has 24 heavy (non-hydrogen) atoms. The fourth-order valence-electron chi connectivity index (χ4n) is 0.930. The molecule has 0 radical (unpaired) electrons. The van der Waals surface area contributed by atoms with Crippen LogP contribution in [0.4, 0.5) is 0 Å². The highest BCUT2D eigenvalue weighted by Gasteiger charge is 2.14. The van der Waals surface area contributed by atoms with Crippen LogP contribution in [0.1, 0.15) is 16.8 Å². The Kier molecular flexibility index (Phi) is 11.9. The predicted molar refractivity (Wildman–Crippen MR) is 79.6 cm³/mol. The van der Waals surface area contributed by atoms with Crippen LogP contribution < -0.4 is 11.5 Å². The number of rotatable bonds is 5. The van der Waals surface area contributed by atoms with Crippen LogP contribution in [0.25, 0.3) is 0 Å². The molecule has 1 unspecified atom stereocenters. The molecule has 1 atom stereocenters. The molecule has 0 bridgehead atoms. The number of carbonyl (C=O) groups is 4. The molecule has 0 aliphatic rings. The van der Waals surface area contributed by atoms with Crippen LogP contribution in [0, 0.1) is 0 Å². The fraction of sp³-hybridized carbons (Fsp3) is 0.231. The molecule has 11 heteroatoms. The van der Waals surface area contributed by atoms with E-state index in [9.17, 15) is 19.2 Å². The van der Waals surface area contributed by atoms with Gasteiger partial charge in [-0.05, 0) is 12.1 Å². The minimum absolute atomic E-state index is 0.0671. The molecule has 9 N–H and O–H groups in total. The van der Waals surface area contributed by atoms with E-state index in [0.717, 1.165) is 0 Å². The Morgan fingerprint density at radius 2 is 1.42 bits per heavy atom. The van der Waals surface area contributed by atoms with Crippen LogP contribution >= 0.6 is 0 Å². The Labute approximate surface area is 135 Å². The zero-order valence-corrected chi connectivity index (χ0v) is 12.3. The standard InChI is InChI=1S/C7H6O3.C4H7NO4.C2H5NO2/c8-6-4-2-1-3-5(6)7(9)10;5-2(4(8)9)1-3(6)7;3-1-2(4)5/h1-4,8H,(H,9,10);2H,1,5H2,(H,6,7)(H,8,9);1,3H2,(H,4,5). The Morgan fingerprint density at radius 3 is 1.62 bits per heavy atom. The topological polar surface area (TPSA) is 221 Å². The van der Waals surface area contributed by atoms with Gasteiger partial charge in [-0.2, -0.15) is 0 Å². The molecule has 0 aliphatic carbocycles. The molecular formula is C13H18N2O9. The molecule has 0 heterocycles. The van der Waals surface area contributed by atoms with Gasteiger partial charge >= 0.3 is 23.9 Å². The van der Waals surface area contributed by atoms with Crippen LogP contribution in [-0.4, -0.2) is 62.0 Å². The molecule has 134 valence electrons. The zero-order chi connectivity index (χ0) is 19.3. The van der Waals surface area contributed by atoms with Crippen molar-refractivity contribution in [3.8, 4) is 5.75 Å². The van der Waals surface area contributed by atoms with Crippen molar-refractivity contribution in [3.05, 3.63) is 29.8 Å². The second kappa shape index (κ2) is 12.4. The smallest absolute Gasteiger partial charge is 0.339 e. The Balaban J connectivity index is 0. The van der Waals surface area contributed by atoms with Gasteiger partial charge in [0.2, 0.25) is 0 Å². The third-order valence-electron chi connectivity index (χ3n) is 2.02. The molecule has 0 spiro atoms. The average Bonchev–Trinajstić information content (AvgIpc) is 2.47. The fourth-order valence-corrected chi connectivity index (χ4v) is 0.930. The number of hydrogen-bond acceptors (Lipinski definition) is 7. The lowest BCUT2D eigenvalue weighted by Crippen LogP contribution is -2.32. The van der Waals surface area contributed by atoms with E-state index in [4.69, 9.17) is 31.3 Å². The maximum absolute atomic E-state index is 10.3. The molecular weight excluding hydrogens is 328 g/mol. The van der Waals surface area contributed by atoms with Crippen molar-refractivity contribution in [2.45, 2.75) is 12.5 Å². The molecule has 0 saturated carbocycles. The molecule has 1 aromatic carbocycles. The SMILES string of the molecule is NC(CC(=O)O)C(=O)O.NCC(=O)O.O=C(O)c1ccccc1O. The van der Waals surface area contributed by atoms with E-state index in [1.807, 2.05) is 0 Å². The van der Waals surface area contributed by atoms with Gasteiger partial charge in [-0.3, -0.25) is 14.4 Å².